The summed E-state index contributed by atoms with van der Waals surface area (Å²) in [5, 5.41) is 9.76. The van der Waals surface area contributed by atoms with E-state index >= 15 is 0 Å². The number of aryl methyl sites for hydroxylation is 1. The molecule has 0 atom stereocenters. The van der Waals surface area contributed by atoms with E-state index in [9.17, 15) is 5.02 Å². The van der Waals surface area contributed by atoms with E-state index in [1.807, 2.05) is 43.3 Å². The first-order valence-electron chi connectivity index (χ1n) is 5.88. The van der Waals surface area contributed by atoms with Crippen LogP contribution in [0, 0.1) is 6.92 Å². The molecule has 92 valence electrons. The molecule has 4 heteroatoms. The van der Waals surface area contributed by atoms with Crippen molar-refractivity contribution in [3.8, 4) is 11.1 Å². The van der Waals surface area contributed by atoms with E-state index in [4.69, 9.17) is 10.4 Å². The third-order valence-electron chi connectivity index (χ3n) is 2.90. The maximum atomic E-state index is 9.76. The van der Waals surface area contributed by atoms with Crippen molar-refractivity contribution < 1.29 is 9.68 Å². The first kappa shape index (κ1) is 12.8. The molecule has 0 saturated heterocycles. The van der Waals surface area contributed by atoms with Gasteiger partial charge in [-0.15, -0.1) is 0 Å². The summed E-state index contributed by atoms with van der Waals surface area (Å²) in [7, 11) is -0.958. The summed E-state index contributed by atoms with van der Waals surface area (Å²) in [5.41, 5.74) is 9.27. The Morgan fingerprint density at radius 1 is 1.11 bits per heavy atom. The van der Waals surface area contributed by atoms with Crippen LogP contribution in [0.1, 0.15) is 5.56 Å². The van der Waals surface area contributed by atoms with Gasteiger partial charge in [0.15, 0.2) is 0 Å². The van der Waals surface area contributed by atoms with Crippen molar-refractivity contribution >= 4 is 12.6 Å². The van der Waals surface area contributed by atoms with Crippen LogP contribution in [0.2, 0.25) is 0 Å². The first-order chi connectivity index (χ1) is 8.72. The fraction of sp³-hybridized carbons (Fsp3) is 0.143. The van der Waals surface area contributed by atoms with Gasteiger partial charge in [0.25, 0.3) is 0 Å². The minimum absolute atomic E-state index is 0.00104. The molecule has 18 heavy (non-hydrogen) atoms. The number of hydrogen-bond acceptors (Lipinski definition) is 3. The van der Waals surface area contributed by atoms with Gasteiger partial charge in [0.2, 0.25) is 0 Å². The molecule has 2 aromatic rings. The molecule has 0 radical (unpaired) electrons. The van der Waals surface area contributed by atoms with E-state index in [1.54, 1.807) is 0 Å². The van der Waals surface area contributed by atoms with Crippen molar-refractivity contribution in [2.75, 3.05) is 6.73 Å². The second-order valence-electron chi connectivity index (χ2n) is 4.12. The van der Waals surface area contributed by atoms with E-state index in [1.165, 1.54) is 0 Å². The predicted octanol–water partition coefficient (Wildman–Crippen LogP) is 1.28. The molecule has 0 aliphatic rings. The Hall–Kier alpha value is -1.62. The third-order valence-corrected chi connectivity index (χ3v) is 2.90. The fourth-order valence-electron chi connectivity index (χ4n) is 1.94. The summed E-state index contributed by atoms with van der Waals surface area (Å²) in [6, 6.07) is 16.0. The summed E-state index contributed by atoms with van der Waals surface area (Å²) < 4.78 is 4.99. The Labute approximate surface area is 107 Å². The minimum Gasteiger partial charge on any atom is -0.423 e. The largest absolute Gasteiger partial charge is 0.492 e. The van der Waals surface area contributed by atoms with Crippen LogP contribution in [-0.2, 0) is 4.65 Å². The van der Waals surface area contributed by atoms with Gasteiger partial charge in [-0.3, -0.25) is 0 Å². The third kappa shape index (κ3) is 2.79. The van der Waals surface area contributed by atoms with Crippen molar-refractivity contribution in [3.05, 3.63) is 54.1 Å². The van der Waals surface area contributed by atoms with Gasteiger partial charge in [-0.1, -0.05) is 54.1 Å². The van der Waals surface area contributed by atoms with Crippen LogP contribution in [0.15, 0.2) is 48.5 Å². The lowest BCUT2D eigenvalue weighted by Crippen LogP contribution is -2.37. The summed E-state index contributed by atoms with van der Waals surface area (Å²) in [4.78, 5) is 0. The van der Waals surface area contributed by atoms with Crippen LogP contribution < -0.4 is 11.2 Å². The zero-order valence-electron chi connectivity index (χ0n) is 10.3. The summed E-state index contributed by atoms with van der Waals surface area (Å²) in [6.07, 6.45) is 0. The zero-order valence-corrected chi connectivity index (χ0v) is 10.3. The number of rotatable bonds is 4. The predicted molar refractivity (Wildman–Crippen MR) is 74.4 cm³/mol. The van der Waals surface area contributed by atoms with Gasteiger partial charge in [-0.25, -0.2) is 0 Å². The Bertz CT molecular complexity index is 516. The Morgan fingerprint density at radius 2 is 1.83 bits per heavy atom. The molecule has 2 rings (SSSR count). The number of benzene rings is 2. The summed E-state index contributed by atoms with van der Waals surface area (Å²) >= 11 is 0. The van der Waals surface area contributed by atoms with Gasteiger partial charge in [-0.2, -0.15) is 0 Å². The second kappa shape index (κ2) is 5.82. The monoisotopic (exact) mass is 241 g/mol. The van der Waals surface area contributed by atoms with Crippen LogP contribution in [0.3, 0.4) is 0 Å². The van der Waals surface area contributed by atoms with Gasteiger partial charge < -0.3 is 15.4 Å². The van der Waals surface area contributed by atoms with Crippen LogP contribution in [0.25, 0.3) is 11.1 Å². The fourth-order valence-corrected chi connectivity index (χ4v) is 1.94. The normalized spacial score (nSPS) is 10.4. The van der Waals surface area contributed by atoms with Crippen LogP contribution >= 0.6 is 0 Å². The molecule has 0 aromatic heterocycles. The average Bonchev–Trinajstić information content (AvgIpc) is 2.40. The number of hydrogen-bond donors (Lipinski definition) is 2. The van der Waals surface area contributed by atoms with Gasteiger partial charge in [0.05, 0.1) is 6.73 Å². The van der Waals surface area contributed by atoms with Gasteiger partial charge in [-0.05, 0) is 23.5 Å². The molecule has 0 unspecified atom stereocenters. The lowest BCUT2D eigenvalue weighted by Gasteiger charge is -2.11. The van der Waals surface area contributed by atoms with E-state index in [0.717, 1.165) is 22.2 Å². The Morgan fingerprint density at radius 3 is 2.44 bits per heavy atom. The lowest BCUT2D eigenvalue weighted by atomic mass is 9.76. The molecule has 0 spiro atoms. The van der Waals surface area contributed by atoms with E-state index in [-0.39, 0.29) is 6.73 Å². The molecule has 0 fully saturated rings. The second-order valence-corrected chi connectivity index (χ2v) is 4.12. The Balaban J connectivity index is 2.31. The average molecular weight is 241 g/mol. The lowest BCUT2D eigenvalue weighted by molar-refractivity contribution is 0.279. The maximum absolute atomic E-state index is 9.76. The molecule has 3 N–H and O–H groups in total. The first-order valence-corrected chi connectivity index (χ1v) is 5.88. The molecule has 0 saturated carbocycles. The summed E-state index contributed by atoms with van der Waals surface area (Å²) in [6.45, 7) is 1.95. The van der Waals surface area contributed by atoms with Crippen molar-refractivity contribution in [2.45, 2.75) is 6.92 Å². The molecule has 0 amide bonds. The molecule has 0 aliphatic heterocycles. The minimum atomic E-state index is -0.958. The summed E-state index contributed by atoms with van der Waals surface area (Å²) in [5.74, 6) is 0. The van der Waals surface area contributed by atoms with E-state index < -0.39 is 7.12 Å². The van der Waals surface area contributed by atoms with Crippen molar-refractivity contribution in [3.63, 3.8) is 0 Å². The van der Waals surface area contributed by atoms with Crippen LogP contribution in [0.4, 0.5) is 0 Å². The molecule has 2 aromatic carbocycles. The van der Waals surface area contributed by atoms with Crippen LogP contribution in [0.5, 0.6) is 0 Å². The SMILES string of the molecule is Cc1cc(-c2ccccc2)ccc1B(O)OCN. The molecule has 0 heterocycles. The van der Waals surface area contributed by atoms with E-state index in [2.05, 4.69) is 12.1 Å². The number of nitrogens with two attached hydrogens (primary N) is 1. The standard InChI is InChI=1S/C14H16BNO2/c1-11-9-13(12-5-3-2-4-6-12)7-8-14(11)15(17)18-10-16/h2-9,17H,10,16H2,1H3. The highest BCUT2D eigenvalue weighted by atomic mass is 16.5. The van der Waals surface area contributed by atoms with Crippen molar-refractivity contribution in [2.24, 2.45) is 5.73 Å². The smallest absolute Gasteiger partial charge is 0.423 e. The van der Waals surface area contributed by atoms with Gasteiger partial charge in [0.1, 0.15) is 0 Å². The zero-order chi connectivity index (χ0) is 13.0. The topological polar surface area (TPSA) is 55.5 Å². The Kier molecular flexibility index (Phi) is 4.15. The highest BCUT2D eigenvalue weighted by molar-refractivity contribution is 6.60. The molecule has 0 bridgehead atoms. The van der Waals surface area contributed by atoms with Gasteiger partial charge >= 0.3 is 7.12 Å². The van der Waals surface area contributed by atoms with E-state index in [0.29, 0.717) is 0 Å². The van der Waals surface area contributed by atoms with Crippen molar-refractivity contribution in [1.82, 2.24) is 0 Å². The van der Waals surface area contributed by atoms with Crippen molar-refractivity contribution in [1.29, 1.82) is 0 Å². The van der Waals surface area contributed by atoms with Gasteiger partial charge in [0, 0.05) is 0 Å². The van der Waals surface area contributed by atoms with Crippen LogP contribution in [-0.4, -0.2) is 18.9 Å². The molecule has 0 aliphatic carbocycles. The molecular formula is C14H16BNO2. The quantitative estimate of drug-likeness (QED) is 0.626. The molecular weight excluding hydrogens is 225 g/mol. The molecule has 3 nitrogen and oxygen atoms in total. The highest BCUT2D eigenvalue weighted by Crippen LogP contribution is 2.19. The highest BCUT2D eigenvalue weighted by Gasteiger charge is 2.18. The maximum Gasteiger partial charge on any atom is 0.492 e.